The second kappa shape index (κ2) is 7.64. The summed E-state index contributed by atoms with van der Waals surface area (Å²) in [5, 5.41) is 1.85. The minimum Gasteiger partial charge on any atom is -0.315 e. The smallest absolute Gasteiger partial charge is 0.240 e. The van der Waals surface area contributed by atoms with E-state index in [9.17, 15) is 4.79 Å². The molecule has 1 heterocycles. The molecule has 0 radical (unpaired) electrons. The van der Waals surface area contributed by atoms with Crippen LogP contribution in [0.2, 0.25) is 0 Å². The average Bonchev–Trinajstić information content (AvgIpc) is 3.10. The van der Waals surface area contributed by atoms with Gasteiger partial charge in [0.2, 0.25) is 5.91 Å². The number of thioether (sulfide) groups is 1. The highest BCUT2D eigenvalue weighted by Crippen LogP contribution is 2.31. The van der Waals surface area contributed by atoms with E-state index < -0.39 is 0 Å². The van der Waals surface area contributed by atoms with Gasteiger partial charge in [0.05, 0.1) is 10.9 Å². The van der Waals surface area contributed by atoms with Gasteiger partial charge in [-0.1, -0.05) is 60.3 Å². The van der Waals surface area contributed by atoms with Gasteiger partial charge < -0.3 is 4.90 Å². The Morgan fingerprint density at radius 2 is 1.71 bits per heavy atom. The molecule has 0 spiro atoms. The topological polar surface area (TPSA) is 33.2 Å². The van der Waals surface area contributed by atoms with Gasteiger partial charge in [0, 0.05) is 23.7 Å². The van der Waals surface area contributed by atoms with E-state index in [1.807, 2.05) is 80.0 Å². The molecule has 1 aromatic heterocycles. The van der Waals surface area contributed by atoms with Gasteiger partial charge in [-0.15, -0.1) is 11.3 Å². The number of hydrogen-bond donors (Lipinski definition) is 0. The van der Waals surface area contributed by atoms with Gasteiger partial charge in [0.25, 0.3) is 0 Å². The molecule has 5 heteroatoms. The number of carbonyl (C=O) groups is 1. The van der Waals surface area contributed by atoms with E-state index in [0.29, 0.717) is 0 Å². The second-order valence-corrected chi connectivity index (χ2v) is 7.80. The Labute approximate surface area is 150 Å². The summed E-state index contributed by atoms with van der Waals surface area (Å²) >= 11 is 3.09. The maximum Gasteiger partial charge on any atom is 0.240 e. The Balaban J connectivity index is 1.68. The number of amides is 1. The van der Waals surface area contributed by atoms with Crippen LogP contribution in [-0.2, 0) is 4.79 Å². The lowest BCUT2D eigenvalue weighted by molar-refractivity contribution is -0.117. The highest BCUT2D eigenvalue weighted by atomic mass is 32.2. The van der Waals surface area contributed by atoms with E-state index >= 15 is 0 Å². The largest absolute Gasteiger partial charge is 0.315 e. The first-order valence-corrected chi connectivity index (χ1v) is 9.41. The molecule has 3 nitrogen and oxygen atoms in total. The highest BCUT2D eigenvalue weighted by Gasteiger charge is 2.21. The molecule has 1 atom stereocenters. The molecule has 0 aliphatic carbocycles. The van der Waals surface area contributed by atoms with Crippen molar-refractivity contribution in [2.45, 2.75) is 16.5 Å². The van der Waals surface area contributed by atoms with Crippen LogP contribution in [0.4, 0.5) is 5.69 Å². The molecule has 0 N–H and O–H groups in total. The molecule has 2 aromatic carbocycles. The van der Waals surface area contributed by atoms with E-state index in [0.717, 1.165) is 21.3 Å². The maximum absolute atomic E-state index is 12.6. The van der Waals surface area contributed by atoms with Crippen molar-refractivity contribution in [2.75, 3.05) is 11.9 Å². The van der Waals surface area contributed by atoms with Crippen molar-refractivity contribution in [3.05, 3.63) is 66.0 Å². The lowest BCUT2D eigenvalue weighted by Gasteiger charge is -2.20. The van der Waals surface area contributed by atoms with Gasteiger partial charge in [0.15, 0.2) is 4.34 Å². The second-order valence-electron chi connectivity index (χ2n) is 5.36. The van der Waals surface area contributed by atoms with Crippen molar-refractivity contribution in [3.63, 3.8) is 0 Å². The van der Waals surface area contributed by atoms with Gasteiger partial charge in [-0.2, -0.15) is 0 Å². The number of anilines is 1. The molecule has 0 bridgehead atoms. The average molecular weight is 355 g/mol. The van der Waals surface area contributed by atoms with Gasteiger partial charge in [0.1, 0.15) is 0 Å². The van der Waals surface area contributed by atoms with E-state index in [1.54, 1.807) is 16.2 Å². The molecule has 0 saturated carbocycles. The lowest BCUT2D eigenvalue weighted by Crippen LogP contribution is -2.33. The van der Waals surface area contributed by atoms with Crippen LogP contribution in [-0.4, -0.2) is 23.2 Å². The number of carbonyl (C=O) groups excluding carboxylic acids is 1. The minimum atomic E-state index is -0.190. The Morgan fingerprint density at radius 1 is 1.08 bits per heavy atom. The van der Waals surface area contributed by atoms with Crippen LogP contribution in [0.25, 0.3) is 11.3 Å². The minimum absolute atomic E-state index is 0.0719. The summed E-state index contributed by atoms with van der Waals surface area (Å²) in [6.07, 6.45) is 0. The van der Waals surface area contributed by atoms with Crippen LogP contribution in [0, 0.1) is 0 Å². The summed E-state index contributed by atoms with van der Waals surface area (Å²) in [6, 6.07) is 19.8. The summed E-state index contributed by atoms with van der Waals surface area (Å²) in [5.74, 6) is 0.0719. The van der Waals surface area contributed by atoms with Crippen LogP contribution >= 0.6 is 23.1 Å². The predicted octanol–water partition coefficient (Wildman–Crippen LogP) is 4.95. The summed E-state index contributed by atoms with van der Waals surface area (Å²) in [6.45, 7) is 1.93. The molecule has 24 heavy (non-hydrogen) atoms. The zero-order valence-corrected chi connectivity index (χ0v) is 15.2. The normalized spacial score (nSPS) is 11.9. The van der Waals surface area contributed by atoms with E-state index in [4.69, 9.17) is 0 Å². The summed E-state index contributed by atoms with van der Waals surface area (Å²) in [7, 11) is 1.81. The monoisotopic (exact) mass is 354 g/mol. The number of benzene rings is 2. The molecule has 0 fully saturated rings. The number of rotatable bonds is 5. The number of thiazole rings is 1. The van der Waals surface area contributed by atoms with Crippen LogP contribution < -0.4 is 4.90 Å². The Morgan fingerprint density at radius 3 is 2.38 bits per heavy atom. The molecule has 1 amide bonds. The van der Waals surface area contributed by atoms with E-state index in [1.165, 1.54) is 11.8 Å². The number of para-hydroxylation sites is 1. The van der Waals surface area contributed by atoms with Crippen molar-refractivity contribution in [3.8, 4) is 11.3 Å². The van der Waals surface area contributed by atoms with Gasteiger partial charge in [-0.3, -0.25) is 4.79 Å². The van der Waals surface area contributed by atoms with Crippen molar-refractivity contribution < 1.29 is 4.79 Å². The van der Waals surface area contributed by atoms with Gasteiger partial charge in [-0.25, -0.2) is 4.98 Å². The number of aromatic nitrogens is 1. The van der Waals surface area contributed by atoms with Crippen LogP contribution in [0.5, 0.6) is 0 Å². The van der Waals surface area contributed by atoms with Crippen LogP contribution in [0.3, 0.4) is 0 Å². The van der Waals surface area contributed by atoms with Crippen molar-refractivity contribution in [2.24, 2.45) is 0 Å². The molecular weight excluding hydrogens is 336 g/mol. The van der Waals surface area contributed by atoms with Crippen LogP contribution in [0.1, 0.15) is 6.92 Å². The standard InChI is InChI=1S/C19H18N2OS2/c1-14(18(22)21(2)16-11-7-4-8-12-16)24-19-20-17(13-23-19)15-9-5-3-6-10-15/h3-14H,1-2H3/t14-/m0/s1. The first-order chi connectivity index (χ1) is 11.6. The maximum atomic E-state index is 12.6. The fraction of sp³-hybridized carbons (Fsp3) is 0.158. The predicted molar refractivity (Wildman–Crippen MR) is 103 cm³/mol. The van der Waals surface area contributed by atoms with E-state index in [-0.39, 0.29) is 11.2 Å². The summed E-state index contributed by atoms with van der Waals surface area (Å²) in [5.41, 5.74) is 2.96. The Bertz CT molecular complexity index is 803. The summed E-state index contributed by atoms with van der Waals surface area (Å²) < 4.78 is 0.913. The van der Waals surface area contributed by atoms with E-state index in [2.05, 4.69) is 4.98 Å². The quantitative estimate of drug-likeness (QED) is 0.608. The van der Waals surface area contributed by atoms with Gasteiger partial charge >= 0.3 is 0 Å². The zero-order valence-electron chi connectivity index (χ0n) is 13.5. The van der Waals surface area contributed by atoms with Gasteiger partial charge in [-0.05, 0) is 19.1 Å². The third-order valence-corrected chi connectivity index (χ3v) is 5.71. The number of hydrogen-bond acceptors (Lipinski definition) is 4. The zero-order chi connectivity index (χ0) is 16.9. The first kappa shape index (κ1) is 16.7. The number of nitrogens with zero attached hydrogens (tertiary/aromatic N) is 2. The summed E-state index contributed by atoms with van der Waals surface area (Å²) in [4.78, 5) is 19.0. The Kier molecular flexibility index (Phi) is 5.33. The molecule has 3 aromatic rings. The molecule has 0 aliphatic heterocycles. The fourth-order valence-corrected chi connectivity index (χ4v) is 4.37. The lowest BCUT2D eigenvalue weighted by atomic mass is 10.2. The third kappa shape index (κ3) is 3.86. The SMILES string of the molecule is C[C@H](Sc1nc(-c2ccccc2)cs1)C(=O)N(C)c1ccccc1. The molecular formula is C19H18N2OS2. The molecule has 0 saturated heterocycles. The first-order valence-electron chi connectivity index (χ1n) is 7.65. The van der Waals surface area contributed by atoms with Crippen LogP contribution in [0.15, 0.2) is 70.4 Å². The highest BCUT2D eigenvalue weighted by molar-refractivity contribution is 8.02. The molecule has 122 valence electrons. The molecule has 3 rings (SSSR count). The van der Waals surface area contributed by atoms with Crippen molar-refractivity contribution in [1.82, 2.24) is 4.98 Å². The fourth-order valence-electron chi connectivity index (χ4n) is 2.31. The third-order valence-electron chi connectivity index (χ3n) is 3.65. The van der Waals surface area contributed by atoms with Crippen molar-refractivity contribution >= 4 is 34.7 Å². The molecule has 0 aliphatic rings. The van der Waals surface area contributed by atoms with Crippen molar-refractivity contribution in [1.29, 1.82) is 0 Å². The molecule has 0 unspecified atom stereocenters. The Hall–Kier alpha value is -2.11.